The fourth-order valence-electron chi connectivity index (χ4n) is 2.26. The molecule has 1 N–H and O–H groups in total. The minimum absolute atomic E-state index is 0.116. The van der Waals surface area contributed by atoms with Crippen LogP contribution >= 0.6 is 11.8 Å². The van der Waals surface area contributed by atoms with E-state index < -0.39 is 17.5 Å². The molecule has 148 valence electrons. The van der Waals surface area contributed by atoms with E-state index in [2.05, 4.69) is 10.3 Å². The van der Waals surface area contributed by atoms with Gasteiger partial charge in [-0.1, -0.05) is 20.8 Å². The van der Waals surface area contributed by atoms with Gasteiger partial charge in [-0.2, -0.15) is 0 Å². The zero-order chi connectivity index (χ0) is 20.9. The molecule has 0 radical (unpaired) electrons. The lowest BCUT2D eigenvalue weighted by atomic mass is 9.95. The molecule has 1 atom stereocenters. The van der Waals surface area contributed by atoms with Crippen LogP contribution in [0.2, 0.25) is 0 Å². The van der Waals surface area contributed by atoms with Crippen LogP contribution in [0.15, 0.2) is 47.6 Å². The number of carbonyl (C=O) groups excluding carboxylic acids is 3. The highest BCUT2D eigenvalue weighted by atomic mass is 32.2. The van der Waals surface area contributed by atoms with E-state index in [0.717, 1.165) is 0 Å². The topological polar surface area (TPSA) is 85.4 Å². The van der Waals surface area contributed by atoms with Crippen LogP contribution in [0.1, 0.15) is 48.4 Å². The second-order valence-electron chi connectivity index (χ2n) is 7.25. The summed E-state index contributed by atoms with van der Waals surface area (Å²) in [5.41, 5.74) is 0.806. The van der Waals surface area contributed by atoms with Crippen LogP contribution in [0, 0.1) is 5.41 Å². The molecule has 6 nitrogen and oxygen atoms in total. The second kappa shape index (κ2) is 9.01. The fourth-order valence-corrected chi connectivity index (χ4v) is 2.80. The number of nitrogens with zero attached hydrogens (tertiary/aromatic N) is 1. The number of Topliss-reactive ketones (excluding diaryl/α,β-unsaturated/α-hetero) is 1. The number of esters is 1. The van der Waals surface area contributed by atoms with Crippen molar-refractivity contribution in [2.75, 3.05) is 11.6 Å². The summed E-state index contributed by atoms with van der Waals surface area (Å²) in [5, 5.41) is 3.35. The van der Waals surface area contributed by atoms with Gasteiger partial charge in [0.1, 0.15) is 5.03 Å². The molecule has 1 heterocycles. The van der Waals surface area contributed by atoms with Crippen molar-refractivity contribution >= 4 is 35.1 Å². The molecule has 28 heavy (non-hydrogen) atoms. The van der Waals surface area contributed by atoms with Crippen LogP contribution in [0.3, 0.4) is 0 Å². The Morgan fingerprint density at radius 2 is 1.75 bits per heavy atom. The average molecular weight is 401 g/mol. The Bertz CT molecular complexity index is 873. The molecule has 0 saturated heterocycles. The zero-order valence-electron chi connectivity index (χ0n) is 16.6. The minimum atomic E-state index is -0.947. The lowest BCUT2D eigenvalue weighted by molar-refractivity contribution is -0.123. The molecule has 0 bridgehead atoms. The summed E-state index contributed by atoms with van der Waals surface area (Å²) >= 11 is 1.33. The van der Waals surface area contributed by atoms with Crippen LogP contribution in [0.4, 0.5) is 5.69 Å². The van der Waals surface area contributed by atoms with Crippen LogP contribution in [0.25, 0.3) is 0 Å². The van der Waals surface area contributed by atoms with Gasteiger partial charge >= 0.3 is 5.97 Å². The first-order valence-corrected chi connectivity index (χ1v) is 10.0. The van der Waals surface area contributed by atoms with Crippen LogP contribution in [-0.4, -0.2) is 35.0 Å². The smallest absolute Gasteiger partial charge is 0.341 e. The summed E-state index contributed by atoms with van der Waals surface area (Å²) in [7, 11) is 0. The number of aromatic nitrogens is 1. The van der Waals surface area contributed by atoms with Crippen molar-refractivity contribution in [2.24, 2.45) is 5.41 Å². The first-order chi connectivity index (χ1) is 13.1. The number of hydrogen-bond acceptors (Lipinski definition) is 6. The Kier molecular flexibility index (Phi) is 6.96. The third-order valence-corrected chi connectivity index (χ3v) is 4.66. The van der Waals surface area contributed by atoms with Gasteiger partial charge in [-0.15, -0.1) is 11.8 Å². The number of benzene rings is 1. The predicted octanol–water partition coefficient (Wildman–Crippen LogP) is 4.22. The van der Waals surface area contributed by atoms with E-state index in [1.165, 1.54) is 18.7 Å². The molecule has 1 amide bonds. The highest BCUT2D eigenvalue weighted by Gasteiger charge is 2.23. The van der Waals surface area contributed by atoms with Gasteiger partial charge < -0.3 is 10.1 Å². The lowest BCUT2D eigenvalue weighted by Crippen LogP contribution is -2.27. The quantitative estimate of drug-likeness (QED) is 0.444. The largest absolute Gasteiger partial charge is 0.451 e. The Morgan fingerprint density at radius 3 is 2.32 bits per heavy atom. The monoisotopic (exact) mass is 400 g/mol. The summed E-state index contributed by atoms with van der Waals surface area (Å²) in [5.74, 6) is -1.03. The molecule has 0 saturated carbocycles. The molecule has 2 aromatic rings. The number of nitrogens with one attached hydrogen (secondary N) is 1. The van der Waals surface area contributed by atoms with E-state index in [9.17, 15) is 14.4 Å². The molecule has 2 rings (SSSR count). The van der Waals surface area contributed by atoms with Crippen molar-refractivity contribution < 1.29 is 19.1 Å². The first kappa shape index (κ1) is 21.6. The summed E-state index contributed by atoms with van der Waals surface area (Å²) < 4.78 is 5.32. The Hall–Kier alpha value is -2.67. The highest BCUT2D eigenvalue weighted by Crippen LogP contribution is 2.20. The molecular weight excluding hydrogens is 376 g/mol. The standard InChI is InChI=1S/C21H24N2O4S/c1-13(27-19(25)16-7-6-12-22-18(16)28-5)17(24)14-8-10-15(11-9-14)23-20(26)21(2,3)4/h6-13H,1-5H3,(H,23,26)/t13-/m1/s1. The number of ketones is 1. The van der Waals surface area contributed by atoms with Gasteiger partial charge in [0, 0.05) is 22.9 Å². The molecule has 0 aliphatic carbocycles. The van der Waals surface area contributed by atoms with Crippen molar-refractivity contribution in [3.63, 3.8) is 0 Å². The number of carbonyl (C=O) groups is 3. The third-order valence-electron chi connectivity index (χ3n) is 3.95. The van der Waals surface area contributed by atoms with E-state index in [0.29, 0.717) is 21.8 Å². The highest BCUT2D eigenvalue weighted by molar-refractivity contribution is 7.98. The average Bonchev–Trinajstić information content (AvgIpc) is 2.67. The van der Waals surface area contributed by atoms with Crippen molar-refractivity contribution in [1.82, 2.24) is 4.98 Å². The van der Waals surface area contributed by atoms with E-state index in [1.807, 2.05) is 27.0 Å². The molecule has 0 fully saturated rings. The normalized spacial score (nSPS) is 12.2. The maximum atomic E-state index is 12.6. The van der Waals surface area contributed by atoms with Gasteiger partial charge in [-0.25, -0.2) is 9.78 Å². The van der Waals surface area contributed by atoms with Gasteiger partial charge in [0.25, 0.3) is 0 Å². The zero-order valence-corrected chi connectivity index (χ0v) is 17.4. The lowest BCUT2D eigenvalue weighted by Gasteiger charge is -2.18. The van der Waals surface area contributed by atoms with Crippen molar-refractivity contribution in [1.29, 1.82) is 0 Å². The molecule has 1 aromatic carbocycles. The van der Waals surface area contributed by atoms with Gasteiger partial charge in [-0.05, 0) is 49.6 Å². The Balaban J connectivity index is 2.05. The SMILES string of the molecule is CSc1ncccc1C(=O)O[C@H](C)C(=O)c1ccc(NC(=O)C(C)(C)C)cc1. The summed E-state index contributed by atoms with van der Waals surface area (Å²) in [6.07, 6.45) is 2.46. The molecule has 7 heteroatoms. The number of anilines is 1. The second-order valence-corrected chi connectivity index (χ2v) is 8.05. The van der Waals surface area contributed by atoms with Crippen LogP contribution < -0.4 is 5.32 Å². The maximum Gasteiger partial charge on any atom is 0.341 e. The molecule has 1 aromatic heterocycles. The minimum Gasteiger partial charge on any atom is -0.451 e. The van der Waals surface area contributed by atoms with Gasteiger partial charge in [-0.3, -0.25) is 9.59 Å². The van der Waals surface area contributed by atoms with Crippen molar-refractivity contribution in [2.45, 2.75) is 38.8 Å². The van der Waals surface area contributed by atoms with Gasteiger partial charge in [0.2, 0.25) is 11.7 Å². The number of pyridine rings is 1. The van der Waals surface area contributed by atoms with E-state index in [4.69, 9.17) is 4.74 Å². The number of thioether (sulfide) groups is 1. The first-order valence-electron chi connectivity index (χ1n) is 8.79. The van der Waals surface area contributed by atoms with Crippen molar-refractivity contribution in [3.8, 4) is 0 Å². The number of rotatable bonds is 6. The number of ether oxygens (including phenoxy) is 1. The van der Waals surface area contributed by atoms with E-state index >= 15 is 0 Å². The molecule has 0 aliphatic rings. The molecule has 0 aliphatic heterocycles. The Morgan fingerprint density at radius 1 is 1.11 bits per heavy atom. The summed E-state index contributed by atoms with van der Waals surface area (Å²) in [4.78, 5) is 41.1. The predicted molar refractivity (Wildman–Crippen MR) is 110 cm³/mol. The van der Waals surface area contributed by atoms with E-state index in [1.54, 1.807) is 42.6 Å². The Labute approximate surface area is 169 Å². The number of amides is 1. The van der Waals surface area contributed by atoms with Crippen LogP contribution in [0.5, 0.6) is 0 Å². The van der Waals surface area contributed by atoms with Crippen molar-refractivity contribution in [3.05, 3.63) is 53.7 Å². The number of hydrogen-bond donors (Lipinski definition) is 1. The molecule has 0 unspecified atom stereocenters. The molecular formula is C21H24N2O4S. The fraction of sp³-hybridized carbons (Fsp3) is 0.333. The summed E-state index contributed by atoms with van der Waals surface area (Å²) in [6.45, 7) is 6.99. The van der Waals surface area contributed by atoms with Gasteiger partial charge in [0.15, 0.2) is 6.10 Å². The summed E-state index contributed by atoms with van der Waals surface area (Å²) in [6, 6.07) is 9.76. The third kappa shape index (κ3) is 5.42. The maximum absolute atomic E-state index is 12.6. The van der Waals surface area contributed by atoms with E-state index in [-0.39, 0.29) is 11.7 Å². The van der Waals surface area contributed by atoms with Gasteiger partial charge in [0.05, 0.1) is 5.56 Å². The molecule has 0 spiro atoms. The van der Waals surface area contributed by atoms with Crippen LogP contribution in [-0.2, 0) is 9.53 Å².